The zero-order valence-electron chi connectivity index (χ0n) is 11.5. The van der Waals surface area contributed by atoms with E-state index in [1.165, 1.54) is 33.5 Å². The molecule has 0 saturated heterocycles. The van der Waals surface area contributed by atoms with Gasteiger partial charge in [-0.2, -0.15) is 0 Å². The van der Waals surface area contributed by atoms with Crippen LogP contribution in [0.2, 0.25) is 0 Å². The van der Waals surface area contributed by atoms with Crippen molar-refractivity contribution >= 4 is 17.4 Å². The molecule has 1 aromatic rings. The Bertz CT molecular complexity index is 838. The first kappa shape index (κ1) is 11.1. The summed E-state index contributed by atoms with van der Waals surface area (Å²) in [6.07, 6.45) is 21.4. The number of nitrogens with zero attached hydrogens (tertiary/aromatic N) is 1. The second kappa shape index (κ2) is 3.95. The van der Waals surface area contributed by atoms with Crippen molar-refractivity contribution in [3.8, 4) is 0 Å². The fourth-order valence-electron chi connectivity index (χ4n) is 3.78. The third-order valence-electron chi connectivity index (χ3n) is 4.65. The van der Waals surface area contributed by atoms with E-state index < -0.39 is 0 Å². The first-order valence-electron chi connectivity index (χ1n) is 7.32. The molecule has 1 aliphatic heterocycles. The third kappa shape index (κ3) is 1.39. The van der Waals surface area contributed by atoms with Gasteiger partial charge in [0.25, 0.3) is 0 Å². The second-order valence-corrected chi connectivity index (χ2v) is 5.70. The second-order valence-electron chi connectivity index (χ2n) is 5.70. The summed E-state index contributed by atoms with van der Waals surface area (Å²) >= 11 is 0. The van der Waals surface area contributed by atoms with Gasteiger partial charge in [-0.05, 0) is 28.9 Å². The molecule has 21 heavy (non-hydrogen) atoms. The summed E-state index contributed by atoms with van der Waals surface area (Å²) in [5.74, 6) is 0.363. The molecule has 100 valence electrons. The highest BCUT2D eigenvalue weighted by atomic mass is 14.8. The van der Waals surface area contributed by atoms with Gasteiger partial charge in [0, 0.05) is 29.5 Å². The largest absolute Gasteiger partial charge is 0.361 e. The van der Waals surface area contributed by atoms with Crippen LogP contribution in [0.3, 0.4) is 0 Å². The lowest BCUT2D eigenvalue weighted by molar-refractivity contribution is 0.943. The average Bonchev–Trinajstić information content (AvgIpc) is 3.20. The summed E-state index contributed by atoms with van der Waals surface area (Å²) in [5.41, 5.74) is 8.02. The Balaban J connectivity index is 1.84. The van der Waals surface area contributed by atoms with E-state index in [-0.39, 0.29) is 6.04 Å². The SMILES string of the molecule is C1=CC2=CC=C3c4cc[nH]c4C(C4C=CC=N4)=C(C=C1)C23. The normalized spacial score (nSPS) is 27.6. The fourth-order valence-corrected chi connectivity index (χ4v) is 3.78. The van der Waals surface area contributed by atoms with E-state index in [0.29, 0.717) is 5.92 Å². The minimum absolute atomic E-state index is 0.128. The summed E-state index contributed by atoms with van der Waals surface area (Å²) < 4.78 is 0. The van der Waals surface area contributed by atoms with Crippen LogP contribution < -0.4 is 0 Å². The van der Waals surface area contributed by atoms with Crippen LogP contribution in [-0.4, -0.2) is 17.2 Å². The topological polar surface area (TPSA) is 28.1 Å². The summed E-state index contributed by atoms with van der Waals surface area (Å²) in [5, 5.41) is 0. The van der Waals surface area contributed by atoms with Gasteiger partial charge in [0.05, 0.1) is 11.7 Å². The molecule has 2 heteroatoms. The lowest BCUT2D eigenvalue weighted by atomic mass is 9.75. The number of hydrogen-bond acceptors (Lipinski definition) is 1. The molecule has 1 N–H and O–H groups in total. The lowest BCUT2D eigenvalue weighted by Gasteiger charge is -2.29. The van der Waals surface area contributed by atoms with Gasteiger partial charge < -0.3 is 4.98 Å². The van der Waals surface area contributed by atoms with Crippen molar-refractivity contribution in [3.63, 3.8) is 0 Å². The highest BCUT2D eigenvalue weighted by molar-refractivity contribution is 5.96. The minimum Gasteiger partial charge on any atom is -0.361 e. The third-order valence-corrected chi connectivity index (χ3v) is 4.65. The predicted octanol–water partition coefficient (Wildman–Crippen LogP) is 3.86. The van der Waals surface area contributed by atoms with Crippen LogP contribution in [0, 0.1) is 5.92 Å². The molecule has 0 aromatic carbocycles. The van der Waals surface area contributed by atoms with Gasteiger partial charge in [0.2, 0.25) is 0 Å². The van der Waals surface area contributed by atoms with Crippen LogP contribution in [0.5, 0.6) is 0 Å². The maximum absolute atomic E-state index is 4.62. The van der Waals surface area contributed by atoms with Gasteiger partial charge >= 0.3 is 0 Å². The van der Waals surface area contributed by atoms with Crippen molar-refractivity contribution in [2.24, 2.45) is 10.9 Å². The zero-order valence-corrected chi connectivity index (χ0v) is 11.5. The van der Waals surface area contributed by atoms with E-state index in [1.54, 1.807) is 0 Å². The van der Waals surface area contributed by atoms with Crippen LogP contribution in [0.1, 0.15) is 11.3 Å². The Morgan fingerprint density at radius 1 is 1.05 bits per heavy atom. The summed E-state index contributed by atoms with van der Waals surface area (Å²) in [6, 6.07) is 2.32. The smallest absolute Gasteiger partial charge is 0.0957 e. The Labute approximate surface area is 123 Å². The summed E-state index contributed by atoms with van der Waals surface area (Å²) in [4.78, 5) is 8.06. The zero-order chi connectivity index (χ0) is 13.8. The number of nitrogens with one attached hydrogen (secondary N) is 1. The molecule has 2 atom stereocenters. The number of fused-ring (bicyclic) bond motifs is 2. The van der Waals surface area contributed by atoms with Crippen LogP contribution >= 0.6 is 0 Å². The number of aliphatic imine (C=N–C) groups is 1. The maximum atomic E-state index is 4.62. The molecule has 1 aromatic heterocycles. The van der Waals surface area contributed by atoms with E-state index in [0.717, 1.165) is 0 Å². The minimum atomic E-state index is 0.128. The van der Waals surface area contributed by atoms with E-state index in [1.807, 2.05) is 18.5 Å². The molecular weight excluding hydrogens is 256 g/mol. The van der Waals surface area contributed by atoms with Crippen LogP contribution in [0.25, 0.3) is 11.1 Å². The lowest BCUT2D eigenvalue weighted by Crippen LogP contribution is -2.18. The van der Waals surface area contributed by atoms with Crippen molar-refractivity contribution in [2.75, 3.05) is 0 Å². The highest BCUT2D eigenvalue weighted by Crippen LogP contribution is 2.50. The molecule has 4 aliphatic rings. The fraction of sp³-hybridized carbons (Fsp3) is 0.105. The molecule has 2 unspecified atom stereocenters. The number of aromatic nitrogens is 1. The molecule has 0 fully saturated rings. The van der Waals surface area contributed by atoms with Crippen LogP contribution in [0.15, 0.2) is 77.0 Å². The van der Waals surface area contributed by atoms with Crippen molar-refractivity contribution in [1.29, 1.82) is 0 Å². The van der Waals surface area contributed by atoms with Crippen LogP contribution in [0.4, 0.5) is 0 Å². The first-order chi connectivity index (χ1) is 10.4. The van der Waals surface area contributed by atoms with Crippen molar-refractivity contribution in [2.45, 2.75) is 6.04 Å². The van der Waals surface area contributed by atoms with Crippen molar-refractivity contribution in [3.05, 3.63) is 83.3 Å². The molecule has 0 amide bonds. The number of H-pyrrole nitrogens is 1. The molecule has 5 rings (SSSR count). The van der Waals surface area contributed by atoms with Gasteiger partial charge in [-0.3, -0.25) is 4.99 Å². The molecular formula is C19H14N2. The first-order valence-corrected chi connectivity index (χ1v) is 7.32. The number of allylic oxidation sites excluding steroid dienone is 10. The number of aromatic amines is 1. The monoisotopic (exact) mass is 270 g/mol. The molecule has 0 bridgehead atoms. The Hall–Kier alpha value is -2.61. The summed E-state index contributed by atoms with van der Waals surface area (Å²) in [7, 11) is 0. The summed E-state index contributed by atoms with van der Waals surface area (Å²) in [6.45, 7) is 0. The molecule has 2 heterocycles. The molecule has 3 aliphatic carbocycles. The van der Waals surface area contributed by atoms with Gasteiger partial charge in [-0.25, -0.2) is 0 Å². The van der Waals surface area contributed by atoms with Gasteiger partial charge in [0.1, 0.15) is 0 Å². The average molecular weight is 270 g/mol. The van der Waals surface area contributed by atoms with E-state index >= 15 is 0 Å². The number of hydrogen-bond donors (Lipinski definition) is 1. The highest BCUT2D eigenvalue weighted by Gasteiger charge is 2.37. The number of rotatable bonds is 1. The van der Waals surface area contributed by atoms with E-state index in [9.17, 15) is 0 Å². The van der Waals surface area contributed by atoms with E-state index in [4.69, 9.17) is 0 Å². The Kier molecular flexibility index (Phi) is 2.09. The molecule has 0 radical (unpaired) electrons. The van der Waals surface area contributed by atoms with Gasteiger partial charge in [0.15, 0.2) is 0 Å². The molecule has 0 spiro atoms. The quantitative estimate of drug-likeness (QED) is 0.802. The molecule has 2 nitrogen and oxygen atoms in total. The van der Waals surface area contributed by atoms with E-state index in [2.05, 4.69) is 58.6 Å². The standard InChI is InChI=1S/C19H14N2/c1-2-5-15-17-12(4-1)7-8-13(17)14-9-11-21-19(14)18(15)16-6-3-10-20-16/h1-11,16-17,21H. The maximum Gasteiger partial charge on any atom is 0.0957 e. The van der Waals surface area contributed by atoms with Gasteiger partial charge in [-0.15, -0.1) is 0 Å². The Morgan fingerprint density at radius 2 is 2.00 bits per heavy atom. The van der Waals surface area contributed by atoms with Crippen LogP contribution in [-0.2, 0) is 0 Å². The molecule has 0 saturated carbocycles. The van der Waals surface area contributed by atoms with Crippen molar-refractivity contribution in [1.82, 2.24) is 4.98 Å². The predicted molar refractivity (Wildman–Crippen MR) is 87.0 cm³/mol. The van der Waals surface area contributed by atoms with Crippen molar-refractivity contribution < 1.29 is 0 Å². The van der Waals surface area contributed by atoms with Gasteiger partial charge in [-0.1, -0.05) is 42.5 Å². The Morgan fingerprint density at radius 3 is 2.90 bits per heavy atom.